The van der Waals surface area contributed by atoms with Crippen molar-refractivity contribution in [2.75, 3.05) is 18.5 Å². The second-order valence-corrected chi connectivity index (χ2v) is 5.89. The minimum Gasteiger partial charge on any atom is -0.368 e. The number of rotatable bonds is 2. The van der Waals surface area contributed by atoms with Crippen LogP contribution < -0.4 is 10.2 Å². The minimum atomic E-state index is 0.494. The first-order valence-corrected chi connectivity index (χ1v) is 7.19. The molecule has 0 spiro atoms. The third-order valence-electron chi connectivity index (χ3n) is 4.17. The molecule has 18 heavy (non-hydrogen) atoms. The fraction of sp³-hybridized carbons (Fsp3) is 0.571. The fourth-order valence-electron chi connectivity index (χ4n) is 2.80. The molecule has 3 atom stereocenters. The maximum absolute atomic E-state index is 6.10. The van der Waals surface area contributed by atoms with Crippen LogP contribution in [0.1, 0.15) is 20.3 Å². The molecule has 0 saturated carbocycles. The van der Waals surface area contributed by atoms with Crippen molar-refractivity contribution >= 4 is 28.9 Å². The summed E-state index contributed by atoms with van der Waals surface area (Å²) >= 11 is 12.1. The number of benzene rings is 1. The highest BCUT2D eigenvalue weighted by Gasteiger charge is 2.31. The van der Waals surface area contributed by atoms with E-state index in [-0.39, 0.29) is 0 Å². The van der Waals surface area contributed by atoms with Gasteiger partial charge in [-0.05, 0) is 44.5 Å². The van der Waals surface area contributed by atoms with Gasteiger partial charge in [0.15, 0.2) is 0 Å². The zero-order valence-corrected chi connectivity index (χ0v) is 12.6. The molecule has 1 aromatic rings. The standard InChI is InChI=1S/C14H20Cl2N2/c1-9-10(2)18(7-6-14(9)17-3)11-4-5-12(15)13(16)8-11/h4-5,8-10,14,17H,6-7H2,1-3H3. The molecule has 0 aromatic heterocycles. The molecule has 1 aromatic carbocycles. The lowest BCUT2D eigenvalue weighted by Gasteiger charge is -2.44. The summed E-state index contributed by atoms with van der Waals surface area (Å²) in [5.41, 5.74) is 1.17. The lowest BCUT2D eigenvalue weighted by molar-refractivity contribution is 0.283. The molecule has 2 nitrogen and oxygen atoms in total. The Morgan fingerprint density at radius 2 is 1.94 bits per heavy atom. The predicted octanol–water partition coefficient (Wildman–Crippen LogP) is 3.82. The Balaban J connectivity index is 2.21. The average Bonchev–Trinajstić information content (AvgIpc) is 2.36. The van der Waals surface area contributed by atoms with Gasteiger partial charge >= 0.3 is 0 Å². The van der Waals surface area contributed by atoms with Crippen LogP contribution >= 0.6 is 23.2 Å². The van der Waals surface area contributed by atoms with Crippen LogP contribution in [0.4, 0.5) is 5.69 Å². The van der Waals surface area contributed by atoms with Gasteiger partial charge in [-0.3, -0.25) is 0 Å². The van der Waals surface area contributed by atoms with Crippen LogP contribution in [0.3, 0.4) is 0 Å². The molecule has 1 heterocycles. The zero-order valence-electron chi connectivity index (χ0n) is 11.1. The van der Waals surface area contributed by atoms with E-state index in [9.17, 15) is 0 Å². The van der Waals surface area contributed by atoms with E-state index in [1.807, 2.05) is 19.2 Å². The van der Waals surface area contributed by atoms with Gasteiger partial charge in [0.05, 0.1) is 10.0 Å². The third-order valence-corrected chi connectivity index (χ3v) is 4.91. The molecule has 1 N–H and O–H groups in total. The zero-order chi connectivity index (χ0) is 13.3. The lowest BCUT2D eigenvalue weighted by Crippen LogP contribution is -2.52. The van der Waals surface area contributed by atoms with Crippen molar-refractivity contribution in [3.63, 3.8) is 0 Å². The van der Waals surface area contributed by atoms with Crippen molar-refractivity contribution in [2.24, 2.45) is 5.92 Å². The van der Waals surface area contributed by atoms with Gasteiger partial charge in [-0.1, -0.05) is 30.1 Å². The largest absolute Gasteiger partial charge is 0.368 e. The molecule has 2 rings (SSSR count). The maximum atomic E-state index is 6.10. The van der Waals surface area contributed by atoms with E-state index in [2.05, 4.69) is 30.1 Å². The van der Waals surface area contributed by atoms with E-state index in [1.165, 1.54) is 5.69 Å². The molecule has 0 radical (unpaired) electrons. The third kappa shape index (κ3) is 2.61. The summed E-state index contributed by atoms with van der Waals surface area (Å²) < 4.78 is 0. The van der Waals surface area contributed by atoms with Gasteiger partial charge in [0.2, 0.25) is 0 Å². The van der Waals surface area contributed by atoms with Crippen molar-refractivity contribution in [1.29, 1.82) is 0 Å². The second-order valence-electron chi connectivity index (χ2n) is 5.08. The highest BCUT2D eigenvalue weighted by molar-refractivity contribution is 6.42. The number of nitrogens with one attached hydrogen (secondary N) is 1. The number of piperidine rings is 1. The van der Waals surface area contributed by atoms with Gasteiger partial charge in [-0.25, -0.2) is 0 Å². The Hall–Kier alpha value is -0.440. The molecule has 1 fully saturated rings. The van der Waals surface area contributed by atoms with Crippen molar-refractivity contribution in [1.82, 2.24) is 5.32 Å². The Labute approximate surface area is 119 Å². The Kier molecular flexibility index (Phi) is 4.41. The van der Waals surface area contributed by atoms with Crippen LogP contribution in [0.5, 0.6) is 0 Å². The summed E-state index contributed by atoms with van der Waals surface area (Å²) in [6.45, 7) is 5.63. The summed E-state index contributed by atoms with van der Waals surface area (Å²) in [4.78, 5) is 2.42. The number of hydrogen-bond acceptors (Lipinski definition) is 2. The number of nitrogens with zero attached hydrogens (tertiary/aromatic N) is 1. The van der Waals surface area contributed by atoms with E-state index in [1.54, 1.807) is 0 Å². The number of halogens is 2. The first-order valence-electron chi connectivity index (χ1n) is 6.43. The smallest absolute Gasteiger partial charge is 0.0612 e. The predicted molar refractivity (Wildman–Crippen MR) is 79.9 cm³/mol. The van der Waals surface area contributed by atoms with Crippen LogP contribution in [-0.4, -0.2) is 25.7 Å². The summed E-state index contributed by atoms with van der Waals surface area (Å²) in [7, 11) is 2.04. The molecule has 1 aliphatic rings. The van der Waals surface area contributed by atoms with Gasteiger partial charge < -0.3 is 10.2 Å². The van der Waals surface area contributed by atoms with Gasteiger partial charge in [0.25, 0.3) is 0 Å². The van der Waals surface area contributed by atoms with Crippen LogP contribution in [-0.2, 0) is 0 Å². The van der Waals surface area contributed by atoms with Crippen molar-refractivity contribution in [3.8, 4) is 0 Å². The molecule has 0 bridgehead atoms. The fourth-order valence-corrected chi connectivity index (χ4v) is 3.09. The van der Waals surface area contributed by atoms with E-state index >= 15 is 0 Å². The van der Waals surface area contributed by atoms with Crippen LogP contribution in [0.2, 0.25) is 10.0 Å². The monoisotopic (exact) mass is 286 g/mol. The van der Waals surface area contributed by atoms with Gasteiger partial charge in [0, 0.05) is 24.3 Å². The van der Waals surface area contributed by atoms with E-state index < -0.39 is 0 Å². The Bertz CT molecular complexity index is 422. The molecule has 1 aliphatic heterocycles. The molecular formula is C14H20Cl2N2. The Morgan fingerprint density at radius 3 is 2.56 bits per heavy atom. The normalized spacial score (nSPS) is 28.5. The van der Waals surface area contributed by atoms with Crippen molar-refractivity contribution in [3.05, 3.63) is 28.2 Å². The highest BCUT2D eigenvalue weighted by Crippen LogP contribution is 2.32. The highest BCUT2D eigenvalue weighted by atomic mass is 35.5. The van der Waals surface area contributed by atoms with Crippen molar-refractivity contribution < 1.29 is 0 Å². The molecule has 0 aliphatic carbocycles. The summed E-state index contributed by atoms with van der Waals surface area (Å²) in [5, 5.41) is 4.65. The number of anilines is 1. The molecule has 4 heteroatoms. The SMILES string of the molecule is CNC1CCN(c2ccc(Cl)c(Cl)c2)C(C)C1C. The molecule has 100 valence electrons. The summed E-state index contributed by atoms with van der Waals surface area (Å²) in [6.07, 6.45) is 1.16. The second kappa shape index (κ2) is 5.68. The molecule has 1 saturated heterocycles. The van der Waals surface area contributed by atoms with Crippen molar-refractivity contribution in [2.45, 2.75) is 32.4 Å². The van der Waals surface area contributed by atoms with Crippen LogP contribution in [0.25, 0.3) is 0 Å². The first kappa shape index (κ1) is 14.0. The van der Waals surface area contributed by atoms with Gasteiger partial charge in [-0.15, -0.1) is 0 Å². The van der Waals surface area contributed by atoms with Crippen LogP contribution in [0, 0.1) is 5.92 Å². The molecule has 3 unspecified atom stereocenters. The minimum absolute atomic E-state index is 0.494. The summed E-state index contributed by atoms with van der Waals surface area (Å²) in [5.74, 6) is 0.609. The average molecular weight is 287 g/mol. The molecule has 0 amide bonds. The quantitative estimate of drug-likeness (QED) is 0.889. The lowest BCUT2D eigenvalue weighted by atomic mass is 9.87. The maximum Gasteiger partial charge on any atom is 0.0612 e. The van der Waals surface area contributed by atoms with Gasteiger partial charge in [0.1, 0.15) is 0 Å². The number of hydrogen-bond donors (Lipinski definition) is 1. The van der Waals surface area contributed by atoms with E-state index in [0.717, 1.165) is 13.0 Å². The summed E-state index contributed by atoms with van der Waals surface area (Å²) in [6, 6.07) is 6.98. The molecular weight excluding hydrogens is 267 g/mol. The first-order chi connectivity index (χ1) is 8.54. The van der Waals surface area contributed by atoms with Crippen LogP contribution in [0.15, 0.2) is 18.2 Å². The van der Waals surface area contributed by atoms with E-state index in [0.29, 0.717) is 28.0 Å². The Morgan fingerprint density at radius 1 is 1.22 bits per heavy atom. The van der Waals surface area contributed by atoms with Gasteiger partial charge in [-0.2, -0.15) is 0 Å². The van der Waals surface area contributed by atoms with E-state index in [4.69, 9.17) is 23.2 Å². The topological polar surface area (TPSA) is 15.3 Å².